The van der Waals surface area contributed by atoms with E-state index in [0.717, 1.165) is 48.4 Å². The minimum atomic E-state index is -5.08. The molecule has 1 heterocycles. The highest BCUT2D eigenvalue weighted by molar-refractivity contribution is 6.00. The van der Waals surface area contributed by atoms with Gasteiger partial charge in [-0.05, 0) is 98.2 Å². The van der Waals surface area contributed by atoms with Crippen molar-refractivity contribution in [1.29, 1.82) is 0 Å². The highest BCUT2D eigenvalue weighted by atomic mass is 19.4. The van der Waals surface area contributed by atoms with Gasteiger partial charge < -0.3 is 30.5 Å². The minimum Gasteiger partial charge on any atom is -0.475 e. The fourth-order valence-electron chi connectivity index (χ4n) is 6.23. The van der Waals surface area contributed by atoms with Crippen molar-refractivity contribution in [2.24, 2.45) is 0 Å². The first-order valence-electron chi connectivity index (χ1n) is 16.5. The van der Waals surface area contributed by atoms with E-state index in [2.05, 4.69) is 16.6 Å². The fraction of sp³-hybridized carbons (Fsp3) is 0.395. The topological polar surface area (TPSA) is 128 Å². The fourth-order valence-corrected chi connectivity index (χ4v) is 6.23. The van der Waals surface area contributed by atoms with Crippen LogP contribution >= 0.6 is 0 Å². The molecule has 0 bridgehead atoms. The van der Waals surface area contributed by atoms with E-state index >= 15 is 0 Å². The number of ether oxygens (including phenoxy) is 1. The Morgan fingerprint density at radius 1 is 1.06 bits per heavy atom. The first kappa shape index (κ1) is 39.9. The molecule has 4 N–H and O–H groups in total. The van der Waals surface area contributed by atoms with Gasteiger partial charge in [0.15, 0.2) is 0 Å². The standard InChI is InChI=1S/C36H39F2N3O4.C2HF3O2/c1-4-24-7-5-8-28(15-24)36(10-11-36)39-21-33(42)32(18-25-16-29(37)20-30(38)17-25)40-34(43)26-13-23(2)14-27(19-26)35(44)41-12-6-9-31(41)22-45-3;3-2(4,5)1(6)7/h1,5,7-8,13-17,19-20,31-33,39,42H,6,9-12,18,21-22H2,2-3H3,(H,40,43);(H,6,7)/t31-,32+,33-;/m1./s1. The average Bonchev–Trinajstić information content (AvgIpc) is 3.75. The molecule has 0 unspecified atom stereocenters. The maximum absolute atomic E-state index is 14.1. The molecule has 0 radical (unpaired) electrons. The molecule has 0 aromatic heterocycles. The number of carbonyl (C=O) groups is 3. The summed E-state index contributed by atoms with van der Waals surface area (Å²) >= 11 is 0. The lowest BCUT2D eigenvalue weighted by atomic mass is 9.98. The van der Waals surface area contributed by atoms with Crippen molar-refractivity contribution < 1.29 is 51.3 Å². The van der Waals surface area contributed by atoms with Crippen LogP contribution in [0, 0.1) is 30.9 Å². The van der Waals surface area contributed by atoms with Gasteiger partial charge in [0.2, 0.25) is 0 Å². The number of halogens is 5. The Morgan fingerprint density at radius 2 is 1.71 bits per heavy atom. The van der Waals surface area contributed by atoms with Gasteiger partial charge >= 0.3 is 12.1 Å². The monoisotopic (exact) mass is 729 g/mol. The number of aliphatic hydroxyl groups is 1. The Bertz CT molecular complexity index is 1790. The Labute approximate surface area is 298 Å². The predicted molar refractivity (Wildman–Crippen MR) is 181 cm³/mol. The number of alkyl halides is 3. The Kier molecular flexibility index (Phi) is 13.1. The zero-order chi connectivity index (χ0) is 38.2. The molecule has 5 rings (SSSR count). The second kappa shape index (κ2) is 17.1. The molecule has 278 valence electrons. The molecule has 0 spiro atoms. The van der Waals surface area contributed by atoms with Crippen LogP contribution in [0.25, 0.3) is 0 Å². The maximum atomic E-state index is 14.1. The number of nitrogens with zero attached hydrogens (tertiary/aromatic N) is 1. The third-order valence-electron chi connectivity index (χ3n) is 8.97. The van der Waals surface area contributed by atoms with Crippen LogP contribution in [0.3, 0.4) is 0 Å². The molecule has 9 nitrogen and oxygen atoms in total. The van der Waals surface area contributed by atoms with Gasteiger partial charge in [-0.15, -0.1) is 6.42 Å². The summed E-state index contributed by atoms with van der Waals surface area (Å²) in [6.07, 6.45) is 2.80. The summed E-state index contributed by atoms with van der Waals surface area (Å²) in [5.74, 6) is -2.29. The van der Waals surface area contributed by atoms with Gasteiger partial charge in [0.25, 0.3) is 11.8 Å². The van der Waals surface area contributed by atoms with Crippen LogP contribution in [0.5, 0.6) is 0 Å². The van der Waals surface area contributed by atoms with Crippen molar-refractivity contribution in [1.82, 2.24) is 15.5 Å². The second-order valence-electron chi connectivity index (χ2n) is 13.0. The van der Waals surface area contributed by atoms with Crippen molar-refractivity contribution in [2.75, 3.05) is 26.8 Å². The number of terminal acetylenes is 1. The quantitative estimate of drug-likeness (QED) is 0.151. The largest absolute Gasteiger partial charge is 0.490 e. The predicted octanol–water partition coefficient (Wildman–Crippen LogP) is 5.12. The molecule has 2 amide bonds. The van der Waals surface area contributed by atoms with E-state index in [1.165, 1.54) is 12.1 Å². The third kappa shape index (κ3) is 10.6. The Hall–Kier alpha value is -4.84. The number of hydrogen-bond donors (Lipinski definition) is 4. The summed E-state index contributed by atoms with van der Waals surface area (Å²) < 4.78 is 65.2. The van der Waals surface area contributed by atoms with Gasteiger partial charge in [0.05, 0.1) is 24.8 Å². The number of benzene rings is 3. The number of rotatable bonds is 12. The van der Waals surface area contributed by atoms with E-state index in [4.69, 9.17) is 21.1 Å². The number of aryl methyl sites for hydroxylation is 1. The SMILES string of the molecule is C#Cc1cccc(C2(NC[C@@H](O)[C@H](Cc3cc(F)cc(F)c3)NC(=O)c3cc(C)cc(C(=O)N4CCC[C@@H]4COC)c3)CC2)c1.O=C(O)C(F)(F)F. The molecule has 1 saturated heterocycles. The van der Waals surface area contributed by atoms with Crippen LogP contribution in [-0.2, 0) is 21.5 Å². The summed E-state index contributed by atoms with van der Waals surface area (Å²) in [5.41, 5.74) is 3.08. The molecule has 3 aromatic carbocycles. The Balaban J connectivity index is 0.000000785. The molecule has 3 aromatic rings. The van der Waals surface area contributed by atoms with Crippen LogP contribution in [0.15, 0.2) is 60.7 Å². The summed E-state index contributed by atoms with van der Waals surface area (Å²) in [5, 5.41) is 24.8. The molecular weight excluding hydrogens is 689 g/mol. The molecule has 1 saturated carbocycles. The van der Waals surface area contributed by atoms with E-state index in [9.17, 15) is 36.6 Å². The normalized spacial score (nSPS) is 17.3. The lowest BCUT2D eigenvalue weighted by Gasteiger charge is -2.28. The van der Waals surface area contributed by atoms with Crippen LogP contribution in [0.1, 0.15) is 68.7 Å². The number of carboxylic acids is 1. The van der Waals surface area contributed by atoms with Crippen molar-refractivity contribution in [2.45, 2.75) is 68.9 Å². The number of carboxylic acid groups (broad SMARTS) is 1. The highest BCUT2D eigenvalue weighted by Crippen LogP contribution is 2.45. The second-order valence-corrected chi connectivity index (χ2v) is 13.0. The summed E-state index contributed by atoms with van der Waals surface area (Å²) in [4.78, 5) is 37.8. The zero-order valence-corrected chi connectivity index (χ0v) is 28.6. The van der Waals surface area contributed by atoms with E-state index in [-0.39, 0.29) is 41.6 Å². The zero-order valence-electron chi connectivity index (χ0n) is 28.6. The summed E-state index contributed by atoms with van der Waals surface area (Å²) in [7, 11) is 1.61. The molecule has 2 aliphatic rings. The number of likely N-dealkylation sites (tertiary alicyclic amines) is 1. The van der Waals surface area contributed by atoms with Crippen molar-refractivity contribution in [3.8, 4) is 12.3 Å². The smallest absolute Gasteiger partial charge is 0.475 e. The summed E-state index contributed by atoms with van der Waals surface area (Å²) in [6, 6.07) is 14.9. The number of aliphatic carboxylic acids is 1. The molecule has 52 heavy (non-hydrogen) atoms. The van der Waals surface area contributed by atoms with Gasteiger partial charge in [0, 0.05) is 48.5 Å². The maximum Gasteiger partial charge on any atom is 0.490 e. The van der Waals surface area contributed by atoms with Crippen molar-refractivity contribution in [3.05, 3.63) is 106 Å². The van der Waals surface area contributed by atoms with Crippen LogP contribution in [0.4, 0.5) is 22.0 Å². The number of methoxy groups -OCH3 is 1. The molecule has 1 aliphatic carbocycles. The van der Waals surface area contributed by atoms with Crippen molar-refractivity contribution >= 4 is 17.8 Å². The molecule has 14 heteroatoms. The average molecular weight is 730 g/mol. The highest BCUT2D eigenvalue weighted by Gasteiger charge is 2.44. The Morgan fingerprint density at radius 3 is 2.31 bits per heavy atom. The molecule has 1 aliphatic heterocycles. The third-order valence-corrected chi connectivity index (χ3v) is 8.97. The van der Waals surface area contributed by atoms with Crippen LogP contribution < -0.4 is 10.6 Å². The number of carbonyl (C=O) groups excluding carboxylic acids is 2. The summed E-state index contributed by atoms with van der Waals surface area (Å²) in [6.45, 7) is 2.97. The van der Waals surface area contributed by atoms with Gasteiger partial charge in [-0.3, -0.25) is 9.59 Å². The first-order chi connectivity index (χ1) is 24.5. The molecule has 3 atom stereocenters. The molecular formula is C38H40F5N3O6. The number of aliphatic hydroxyl groups excluding tert-OH is 1. The van der Waals surface area contributed by atoms with Gasteiger partial charge in [-0.25, -0.2) is 13.6 Å². The van der Waals surface area contributed by atoms with Gasteiger partial charge in [-0.1, -0.05) is 18.1 Å². The van der Waals surface area contributed by atoms with Crippen molar-refractivity contribution in [3.63, 3.8) is 0 Å². The number of hydrogen-bond acceptors (Lipinski definition) is 6. The lowest BCUT2D eigenvalue weighted by Crippen LogP contribution is -2.50. The van der Waals surface area contributed by atoms with E-state index in [1.807, 2.05) is 24.3 Å². The van der Waals surface area contributed by atoms with Gasteiger partial charge in [0.1, 0.15) is 11.6 Å². The van der Waals surface area contributed by atoms with Gasteiger partial charge in [-0.2, -0.15) is 13.2 Å². The lowest BCUT2D eigenvalue weighted by molar-refractivity contribution is -0.192. The van der Waals surface area contributed by atoms with Crippen LogP contribution in [0.2, 0.25) is 0 Å². The number of nitrogens with one attached hydrogen (secondary N) is 2. The minimum absolute atomic E-state index is 0.0209. The van der Waals surface area contributed by atoms with E-state index in [1.54, 1.807) is 37.1 Å². The van der Waals surface area contributed by atoms with E-state index in [0.29, 0.717) is 18.7 Å². The van der Waals surface area contributed by atoms with Crippen LogP contribution in [-0.4, -0.2) is 84.1 Å². The van der Waals surface area contributed by atoms with E-state index < -0.39 is 41.8 Å². The molecule has 2 fully saturated rings. The number of amides is 2. The first-order valence-corrected chi connectivity index (χ1v) is 16.5.